The van der Waals surface area contributed by atoms with E-state index in [2.05, 4.69) is 0 Å². The van der Waals surface area contributed by atoms with Crippen molar-refractivity contribution in [3.63, 3.8) is 0 Å². The van der Waals surface area contributed by atoms with E-state index in [-0.39, 0.29) is 11.5 Å². The van der Waals surface area contributed by atoms with Gasteiger partial charge in [-0.1, -0.05) is 47.5 Å². The van der Waals surface area contributed by atoms with Gasteiger partial charge in [-0.25, -0.2) is 4.39 Å². The maximum absolute atomic E-state index is 13.6. The molecule has 0 N–H and O–H groups in total. The zero-order valence-corrected chi connectivity index (χ0v) is 14.6. The van der Waals surface area contributed by atoms with Crippen LogP contribution in [0.25, 0.3) is 11.3 Å². The van der Waals surface area contributed by atoms with Gasteiger partial charge in [0.05, 0.1) is 5.57 Å². The summed E-state index contributed by atoms with van der Waals surface area (Å²) in [7, 11) is 0. The highest BCUT2D eigenvalue weighted by Gasteiger charge is 2.42. The van der Waals surface area contributed by atoms with Gasteiger partial charge in [0.2, 0.25) is 5.78 Å². The van der Waals surface area contributed by atoms with Crippen LogP contribution < -0.4 is 0 Å². The molecule has 3 rings (SSSR count). The van der Waals surface area contributed by atoms with Crippen LogP contribution in [0.4, 0.5) is 4.39 Å². The van der Waals surface area contributed by atoms with Gasteiger partial charge in [0.1, 0.15) is 11.6 Å². The number of hydrogen-bond acceptors (Lipinski definition) is 4. The predicted molar refractivity (Wildman–Crippen MR) is 92.5 cm³/mol. The van der Waals surface area contributed by atoms with E-state index in [0.717, 1.165) is 0 Å². The van der Waals surface area contributed by atoms with Crippen LogP contribution in [0.2, 0.25) is 0 Å². The van der Waals surface area contributed by atoms with E-state index in [1.807, 2.05) is 0 Å². The normalized spacial score (nSPS) is 17.5. The summed E-state index contributed by atoms with van der Waals surface area (Å²) in [6.45, 7) is 3.33. The first-order chi connectivity index (χ1) is 11.8. The van der Waals surface area contributed by atoms with Gasteiger partial charge < -0.3 is 9.29 Å². The fourth-order valence-corrected chi connectivity index (χ4v) is 3.22. The second-order valence-electron chi connectivity index (χ2n) is 6.30. The number of carbonyl (C=O) groups excluding carboxylic acids is 1. The maximum Gasteiger partial charge on any atom is 0.210 e. The Morgan fingerprint density at radius 2 is 1.80 bits per heavy atom. The first-order valence-electron chi connectivity index (χ1n) is 7.67. The van der Waals surface area contributed by atoms with Crippen molar-refractivity contribution in [3.05, 3.63) is 71.0 Å². The highest BCUT2D eigenvalue weighted by Crippen LogP contribution is 2.41. The van der Waals surface area contributed by atoms with Crippen molar-refractivity contribution in [3.8, 4) is 0 Å². The van der Waals surface area contributed by atoms with Gasteiger partial charge >= 0.3 is 0 Å². The van der Waals surface area contributed by atoms with Crippen LogP contribution in [0.15, 0.2) is 48.5 Å². The summed E-state index contributed by atoms with van der Waals surface area (Å²) < 4.78 is 41.1. The minimum Gasteiger partial charge on any atom is -0.772 e. The van der Waals surface area contributed by atoms with E-state index < -0.39 is 22.5 Å². The Balaban J connectivity index is 2.09. The van der Waals surface area contributed by atoms with Crippen molar-refractivity contribution in [1.29, 1.82) is 0 Å². The van der Waals surface area contributed by atoms with Crippen molar-refractivity contribution < 1.29 is 22.7 Å². The Bertz CT molecular complexity index is 885. The lowest BCUT2D eigenvalue weighted by Crippen LogP contribution is -2.29. The standard InChI is InChI=1S/C19H17FO4S/c1-19(2)18(21)16(14-4-3-5-15(20)10-14)17(24-19)13-8-6-12(7-9-13)11-25(22)23/h3-10H,11H2,1-2H3,(H,22,23)/p-1. The summed E-state index contributed by atoms with van der Waals surface area (Å²) >= 11 is -2.17. The molecule has 1 aliphatic rings. The number of benzene rings is 2. The fraction of sp³-hybridized carbons (Fsp3) is 0.211. The summed E-state index contributed by atoms with van der Waals surface area (Å²) in [4.78, 5) is 12.7. The van der Waals surface area contributed by atoms with Crippen LogP contribution in [-0.2, 0) is 26.4 Å². The first kappa shape index (κ1) is 17.5. The lowest BCUT2D eigenvalue weighted by Gasteiger charge is -2.18. The minimum atomic E-state index is -2.17. The molecule has 2 aromatic carbocycles. The molecule has 130 valence electrons. The van der Waals surface area contributed by atoms with Gasteiger partial charge in [0, 0.05) is 11.3 Å². The molecule has 0 fully saturated rings. The predicted octanol–water partition coefficient (Wildman–Crippen LogP) is 3.45. The molecule has 0 saturated heterocycles. The molecule has 0 aliphatic carbocycles. The SMILES string of the molecule is CC1(C)OC(c2ccc(CS(=O)[O-])cc2)=C(c2cccc(F)c2)C1=O. The zero-order chi connectivity index (χ0) is 18.2. The molecule has 1 aliphatic heterocycles. The van der Waals surface area contributed by atoms with E-state index in [9.17, 15) is 17.9 Å². The van der Waals surface area contributed by atoms with Gasteiger partial charge in [-0.05, 0) is 37.1 Å². The Labute approximate surface area is 147 Å². The van der Waals surface area contributed by atoms with Gasteiger partial charge in [0.25, 0.3) is 0 Å². The van der Waals surface area contributed by atoms with Crippen molar-refractivity contribution >= 4 is 28.2 Å². The first-order valence-corrected chi connectivity index (χ1v) is 8.91. The van der Waals surface area contributed by atoms with Crippen molar-refractivity contribution in [2.45, 2.75) is 25.2 Å². The van der Waals surface area contributed by atoms with Crippen LogP contribution >= 0.6 is 0 Å². The third-order valence-electron chi connectivity index (χ3n) is 3.97. The second-order valence-corrected chi connectivity index (χ2v) is 7.20. The maximum atomic E-state index is 13.6. The number of ether oxygens (including phenoxy) is 1. The molecule has 0 spiro atoms. The van der Waals surface area contributed by atoms with E-state index in [4.69, 9.17) is 4.74 Å². The third-order valence-corrected chi connectivity index (χ3v) is 4.54. The molecule has 6 heteroatoms. The van der Waals surface area contributed by atoms with Crippen LogP contribution in [0.5, 0.6) is 0 Å². The molecule has 0 saturated carbocycles. The molecule has 25 heavy (non-hydrogen) atoms. The number of ketones is 1. The largest absolute Gasteiger partial charge is 0.772 e. The Kier molecular flexibility index (Phi) is 4.58. The summed E-state index contributed by atoms with van der Waals surface area (Å²) in [6.07, 6.45) is 0. The van der Waals surface area contributed by atoms with Crippen LogP contribution in [0.1, 0.15) is 30.5 Å². The minimum absolute atomic E-state index is 0.0820. The van der Waals surface area contributed by atoms with Crippen LogP contribution in [0, 0.1) is 5.82 Å². The molecule has 0 radical (unpaired) electrons. The molecule has 0 bridgehead atoms. The molecular weight excluding hydrogens is 343 g/mol. The van der Waals surface area contributed by atoms with Crippen molar-refractivity contribution in [2.24, 2.45) is 0 Å². The Morgan fingerprint density at radius 3 is 2.40 bits per heavy atom. The lowest BCUT2D eigenvalue weighted by atomic mass is 9.92. The topological polar surface area (TPSA) is 66.4 Å². The molecule has 0 aromatic heterocycles. The lowest BCUT2D eigenvalue weighted by molar-refractivity contribution is -0.125. The van der Waals surface area contributed by atoms with E-state index in [0.29, 0.717) is 28.0 Å². The molecule has 1 unspecified atom stereocenters. The smallest absolute Gasteiger partial charge is 0.210 e. The highest BCUT2D eigenvalue weighted by atomic mass is 32.2. The number of Topliss-reactive ketones (excluding diaryl/α,β-unsaturated/α-hetero) is 1. The Hall–Kier alpha value is -2.31. The van der Waals surface area contributed by atoms with E-state index in [1.54, 1.807) is 50.2 Å². The molecule has 1 atom stereocenters. The molecular formula is C19H16FO4S-. The average Bonchev–Trinajstić information content (AvgIpc) is 2.78. The zero-order valence-electron chi connectivity index (χ0n) is 13.7. The van der Waals surface area contributed by atoms with E-state index >= 15 is 0 Å². The summed E-state index contributed by atoms with van der Waals surface area (Å²) in [6, 6.07) is 12.6. The van der Waals surface area contributed by atoms with Crippen LogP contribution in [-0.4, -0.2) is 20.1 Å². The molecule has 4 nitrogen and oxygen atoms in total. The van der Waals surface area contributed by atoms with Crippen LogP contribution in [0.3, 0.4) is 0 Å². The fourth-order valence-electron chi connectivity index (χ4n) is 2.75. The highest BCUT2D eigenvalue weighted by molar-refractivity contribution is 7.78. The third kappa shape index (κ3) is 3.55. The number of hydrogen-bond donors (Lipinski definition) is 0. The van der Waals surface area contributed by atoms with Gasteiger partial charge in [-0.2, -0.15) is 0 Å². The van der Waals surface area contributed by atoms with Gasteiger partial charge in [0.15, 0.2) is 5.60 Å². The summed E-state index contributed by atoms with van der Waals surface area (Å²) in [5, 5.41) is 0. The summed E-state index contributed by atoms with van der Waals surface area (Å²) in [5.41, 5.74) is 0.999. The average molecular weight is 359 g/mol. The molecule has 1 heterocycles. The molecule has 0 amide bonds. The number of rotatable bonds is 4. The monoisotopic (exact) mass is 359 g/mol. The van der Waals surface area contributed by atoms with E-state index in [1.165, 1.54) is 12.1 Å². The van der Waals surface area contributed by atoms with Gasteiger partial charge in [-0.3, -0.25) is 9.00 Å². The number of halogens is 1. The van der Waals surface area contributed by atoms with Crippen molar-refractivity contribution in [1.82, 2.24) is 0 Å². The Morgan fingerprint density at radius 1 is 1.12 bits per heavy atom. The quantitative estimate of drug-likeness (QED) is 0.784. The molecule has 2 aromatic rings. The van der Waals surface area contributed by atoms with Gasteiger partial charge in [-0.15, -0.1) is 0 Å². The summed E-state index contributed by atoms with van der Waals surface area (Å²) in [5.74, 6) is -0.371. The second kappa shape index (κ2) is 6.54. The number of carbonyl (C=O) groups is 1. The van der Waals surface area contributed by atoms with Crippen molar-refractivity contribution in [2.75, 3.05) is 0 Å².